The van der Waals surface area contributed by atoms with Gasteiger partial charge in [0.25, 0.3) is 16.1 Å². The molecule has 0 bridgehead atoms. The molecule has 122 valence electrons. The first-order valence-electron chi connectivity index (χ1n) is 6.57. The van der Waals surface area contributed by atoms with Gasteiger partial charge in [0, 0.05) is 14.1 Å². The number of nitrogens with one attached hydrogen (secondary N) is 2. The summed E-state index contributed by atoms with van der Waals surface area (Å²) < 4.78 is 31.2. The zero-order valence-corrected chi connectivity index (χ0v) is 13.6. The van der Waals surface area contributed by atoms with Crippen LogP contribution in [0.3, 0.4) is 0 Å². The third-order valence-electron chi connectivity index (χ3n) is 2.49. The number of carbonyl (C=O) groups excluding carboxylic acids is 1. The molecule has 0 spiro atoms. The van der Waals surface area contributed by atoms with E-state index in [0.717, 1.165) is 15.6 Å². The van der Waals surface area contributed by atoms with Gasteiger partial charge >= 0.3 is 0 Å². The van der Waals surface area contributed by atoms with Gasteiger partial charge in [-0.1, -0.05) is 0 Å². The minimum atomic E-state index is -3.62. The lowest BCUT2D eigenvalue weighted by atomic mass is 10.2. The summed E-state index contributed by atoms with van der Waals surface area (Å²) in [6.45, 7) is 2.10. The number of hydrazone groups is 1. The molecule has 1 aromatic rings. The molecule has 1 amide bonds. The molecule has 0 atom stereocenters. The number of nitrogens with zero attached hydrogens (tertiary/aromatic N) is 2. The van der Waals surface area contributed by atoms with E-state index in [4.69, 9.17) is 4.74 Å². The fourth-order valence-electron chi connectivity index (χ4n) is 1.32. The quantitative estimate of drug-likeness (QED) is 0.515. The van der Waals surface area contributed by atoms with Crippen molar-refractivity contribution in [1.82, 2.24) is 14.5 Å². The molecule has 0 radical (unpaired) electrons. The Morgan fingerprint density at radius 3 is 2.50 bits per heavy atom. The first-order valence-corrected chi connectivity index (χ1v) is 8.01. The van der Waals surface area contributed by atoms with E-state index in [-0.39, 0.29) is 6.54 Å². The highest BCUT2D eigenvalue weighted by Crippen LogP contribution is 2.10. The van der Waals surface area contributed by atoms with E-state index in [2.05, 4.69) is 15.2 Å². The highest BCUT2D eigenvalue weighted by atomic mass is 32.2. The van der Waals surface area contributed by atoms with Gasteiger partial charge in [0.2, 0.25) is 0 Å². The van der Waals surface area contributed by atoms with Crippen LogP contribution in [0.15, 0.2) is 29.4 Å². The fourth-order valence-corrected chi connectivity index (χ4v) is 1.89. The normalized spacial score (nSPS) is 11.8. The number of ether oxygens (including phenoxy) is 1. The van der Waals surface area contributed by atoms with E-state index in [1.165, 1.54) is 20.3 Å². The van der Waals surface area contributed by atoms with Crippen LogP contribution < -0.4 is 14.9 Å². The van der Waals surface area contributed by atoms with Gasteiger partial charge in [-0.15, -0.1) is 0 Å². The molecule has 0 aliphatic heterocycles. The smallest absolute Gasteiger partial charge is 0.279 e. The SMILES string of the molecule is CCOc1ccc(C=NNC(=O)CNS(=O)(=O)N(C)C)cc1. The Morgan fingerprint density at radius 1 is 1.32 bits per heavy atom. The van der Waals surface area contributed by atoms with E-state index in [0.29, 0.717) is 6.61 Å². The maximum Gasteiger partial charge on any atom is 0.279 e. The highest BCUT2D eigenvalue weighted by Gasteiger charge is 2.13. The summed E-state index contributed by atoms with van der Waals surface area (Å²) in [5.41, 5.74) is 3.01. The van der Waals surface area contributed by atoms with Crippen LogP contribution in [0.1, 0.15) is 12.5 Å². The van der Waals surface area contributed by atoms with Crippen LogP contribution in [-0.2, 0) is 15.0 Å². The Morgan fingerprint density at radius 2 is 1.95 bits per heavy atom. The van der Waals surface area contributed by atoms with Crippen molar-refractivity contribution < 1.29 is 17.9 Å². The Hall–Kier alpha value is -1.97. The number of hydrogen-bond acceptors (Lipinski definition) is 5. The lowest BCUT2D eigenvalue weighted by molar-refractivity contribution is -0.119. The van der Waals surface area contributed by atoms with Crippen LogP contribution in [0.4, 0.5) is 0 Å². The number of amides is 1. The fraction of sp³-hybridized carbons (Fsp3) is 0.385. The van der Waals surface area contributed by atoms with Crippen LogP contribution in [0.5, 0.6) is 5.75 Å². The number of hydrogen-bond donors (Lipinski definition) is 2. The molecule has 0 aliphatic rings. The largest absolute Gasteiger partial charge is 0.494 e. The van der Waals surface area contributed by atoms with Crippen LogP contribution >= 0.6 is 0 Å². The number of rotatable bonds is 8. The molecule has 2 N–H and O–H groups in total. The van der Waals surface area contributed by atoms with E-state index >= 15 is 0 Å². The van der Waals surface area contributed by atoms with Crippen molar-refractivity contribution in [2.75, 3.05) is 27.2 Å². The van der Waals surface area contributed by atoms with E-state index in [1.807, 2.05) is 6.92 Å². The number of benzene rings is 1. The molecular formula is C13H20N4O4S. The third kappa shape index (κ3) is 6.20. The van der Waals surface area contributed by atoms with Gasteiger partial charge in [0.05, 0.1) is 19.4 Å². The van der Waals surface area contributed by atoms with Crippen molar-refractivity contribution in [2.45, 2.75) is 6.92 Å². The molecule has 22 heavy (non-hydrogen) atoms. The summed E-state index contributed by atoms with van der Waals surface area (Å²) in [6.07, 6.45) is 1.45. The van der Waals surface area contributed by atoms with Gasteiger partial charge in [0.1, 0.15) is 5.75 Å². The maximum absolute atomic E-state index is 11.5. The van der Waals surface area contributed by atoms with Crippen molar-refractivity contribution in [3.63, 3.8) is 0 Å². The number of carbonyl (C=O) groups is 1. The molecule has 9 heteroatoms. The van der Waals surface area contributed by atoms with Crippen molar-refractivity contribution in [3.8, 4) is 5.75 Å². The zero-order chi connectivity index (χ0) is 16.6. The second-order valence-electron chi connectivity index (χ2n) is 4.40. The molecule has 0 unspecified atom stereocenters. The van der Waals surface area contributed by atoms with E-state index in [9.17, 15) is 13.2 Å². The standard InChI is InChI=1S/C13H20N4O4S/c1-4-21-12-7-5-11(6-8-12)9-14-16-13(18)10-15-22(19,20)17(2)3/h5-9,15H,4,10H2,1-3H3,(H,16,18). The lowest BCUT2D eigenvalue weighted by Gasteiger charge is -2.11. The van der Waals surface area contributed by atoms with Crippen molar-refractivity contribution in [2.24, 2.45) is 5.10 Å². The topological polar surface area (TPSA) is 100 Å². The minimum absolute atomic E-state index is 0.388. The molecule has 0 heterocycles. The molecule has 0 fully saturated rings. The van der Waals surface area contributed by atoms with Crippen molar-refractivity contribution >= 4 is 22.3 Å². The first-order chi connectivity index (χ1) is 10.3. The highest BCUT2D eigenvalue weighted by molar-refractivity contribution is 7.87. The summed E-state index contributed by atoms with van der Waals surface area (Å²) >= 11 is 0. The third-order valence-corrected chi connectivity index (χ3v) is 3.96. The van der Waals surface area contributed by atoms with E-state index in [1.54, 1.807) is 24.3 Å². The summed E-state index contributed by atoms with van der Waals surface area (Å²) in [5.74, 6) is 0.189. The molecule has 0 aromatic heterocycles. The van der Waals surface area contributed by atoms with Gasteiger partial charge in [-0.3, -0.25) is 4.79 Å². The molecule has 0 aliphatic carbocycles. The second-order valence-corrected chi connectivity index (χ2v) is 6.37. The average molecular weight is 328 g/mol. The minimum Gasteiger partial charge on any atom is -0.494 e. The van der Waals surface area contributed by atoms with Gasteiger partial charge < -0.3 is 4.74 Å². The van der Waals surface area contributed by atoms with Crippen LogP contribution in [0, 0.1) is 0 Å². The summed E-state index contributed by atoms with van der Waals surface area (Å²) in [6, 6.07) is 7.15. The van der Waals surface area contributed by atoms with Crippen molar-refractivity contribution in [3.05, 3.63) is 29.8 Å². The summed E-state index contributed by atoms with van der Waals surface area (Å²) in [4.78, 5) is 11.5. The van der Waals surface area contributed by atoms with Crippen LogP contribution in [0.25, 0.3) is 0 Å². The zero-order valence-electron chi connectivity index (χ0n) is 12.7. The molecule has 0 saturated heterocycles. The van der Waals surface area contributed by atoms with Crippen LogP contribution in [0.2, 0.25) is 0 Å². The average Bonchev–Trinajstić information content (AvgIpc) is 2.47. The van der Waals surface area contributed by atoms with Gasteiger partial charge in [-0.2, -0.15) is 22.5 Å². The second kappa shape index (κ2) is 8.47. The first kappa shape index (κ1) is 18.1. The van der Waals surface area contributed by atoms with E-state index < -0.39 is 16.1 Å². The predicted octanol–water partition coefficient (Wildman–Crippen LogP) is -0.0686. The monoisotopic (exact) mass is 328 g/mol. The Kier molecular flexibility index (Phi) is 6.96. The Bertz CT molecular complexity index is 611. The molecule has 8 nitrogen and oxygen atoms in total. The molecule has 1 rings (SSSR count). The van der Waals surface area contributed by atoms with Gasteiger partial charge in [-0.25, -0.2) is 5.43 Å². The molecule has 1 aromatic carbocycles. The predicted molar refractivity (Wildman–Crippen MR) is 84.0 cm³/mol. The maximum atomic E-state index is 11.5. The van der Waals surface area contributed by atoms with Crippen molar-refractivity contribution in [1.29, 1.82) is 0 Å². The Balaban J connectivity index is 2.43. The lowest BCUT2D eigenvalue weighted by Crippen LogP contribution is -2.41. The summed E-state index contributed by atoms with van der Waals surface area (Å²) in [5, 5.41) is 3.75. The van der Waals surface area contributed by atoms with Gasteiger partial charge in [0.15, 0.2) is 0 Å². The Labute approximate surface area is 130 Å². The molecule has 0 saturated carbocycles. The summed E-state index contributed by atoms with van der Waals surface area (Å²) in [7, 11) is -0.893. The van der Waals surface area contributed by atoms with Gasteiger partial charge in [-0.05, 0) is 36.8 Å². The molecular weight excluding hydrogens is 308 g/mol. The van der Waals surface area contributed by atoms with Crippen LogP contribution in [-0.4, -0.2) is 52.1 Å².